The summed E-state index contributed by atoms with van der Waals surface area (Å²) in [4.78, 5) is 34.9. The Balaban J connectivity index is 0.000000131. The Morgan fingerprint density at radius 3 is 0.860 bits per heavy atom. The number of benzene rings is 3. The minimum absolute atomic E-state index is 0.119. The van der Waals surface area contributed by atoms with E-state index in [0.29, 0.717) is 36.1 Å². The van der Waals surface area contributed by atoms with Crippen molar-refractivity contribution in [2.24, 2.45) is 16.2 Å². The van der Waals surface area contributed by atoms with Gasteiger partial charge in [0.2, 0.25) is 0 Å². The van der Waals surface area contributed by atoms with E-state index in [4.69, 9.17) is 14.2 Å². The smallest absolute Gasteiger partial charge is 0.407 e. The van der Waals surface area contributed by atoms with Crippen LogP contribution in [0.4, 0.5) is 14.4 Å². The summed E-state index contributed by atoms with van der Waals surface area (Å²) in [5, 5.41) is 36.6. The van der Waals surface area contributed by atoms with Gasteiger partial charge in [-0.05, 0) is 110 Å². The summed E-state index contributed by atoms with van der Waals surface area (Å²) < 4.78 is 15.5. The largest absolute Gasteiger partial charge is 0.445 e. The summed E-state index contributed by atoms with van der Waals surface area (Å²) in [6, 6.07) is 29.6. The van der Waals surface area contributed by atoms with Crippen LogP contribution >= 0.6 is 0 Å². The van der Waals surface area contributed by atoms with Crippen LogP contribution in [0.5, 0.6) is 0 Å². The molecular formula is C45H57N3O9. The summed E-state index contributed by atoms with van der Waals surface area (Å²) in [7, 11) is 0. The summed E-state index contributed by atoms with van der Waals surface area (Å²) in [6.07, 6.45) is 9.83. The highest BCUT2D eigenvalue weighted by Gasteiger charge is 2.54. The Morgan fingerprint density at radius 2 is 0.649 bits per heavy atom. The molecule has 0 heterocycles. The fourth-order valence-electron chi connectivity index (χ4n) is 9.88. The van der Waals surface area contributed by atoms with Gasteiger partial charge in [-0.15, -0.1) is 0 Å². The quantitative estimate of drug-likeness (QED) is 0.130. The van der Waals surface area contributed by atoms with E-state index in [2.05, 4.69) is 16.0 Å². The number of amides is 3. The van der Waals surface area contributed by atoms with Gasteiger partial charge in [0, 0.05) is 18.1 Å². The number of rotatable bonds is 9. The zero-order chi connectivity index (χ0) is 39.9. The topological polar surface area (TPSA) is 176 Å². The molecule has 9 rings (SSSR count). The molecule has 3 spiro atoms. The fraction of sp³-hybridized carbons (Fsp3) is 0.533. The number of nitrogens with one attached hydrogen (secondary N) is 3. The minimum atomic E-state index is -0.344. The lowest BCUT2D eigenvalue weighted by molar-refractivity contribution is -0.0963. The first-order chi connectivity index (χ1) is 27.5. The van der Waals surface area contributed by atoms with Crippen LogP contribution in [0.3, 0.4) is 0 Å². The molecule has 0 radical (unpaired) electrons. The number of hydrogen-bond donors (Lipinski definition) is 6. The second kappa shape index (κ2) is 17.9. The normalized spacial score (nSPS) is 32.3. The van der Waals surface area contributed by atoms with Crippen LogP contribution in [0, 0.1) is 16.2 Å². The van der Waals surface area contributed by atoms with Gasteiger partial charge in [0.05, 0.1) is 18.3 Å². The summed E-state index contributed by atoms with van der Waals surface area (Å²) in [5.74, 6) is 0. The van der Waals surface area contributed by atoms with Crippen molar-refractivity contribution in [1.82, 2.24) is 16.0 Å². The molecule has 3 aromatic carbocycles. The maximum absolute atomic E-state index is 11.6. The first kappa shape index (κ1) is 40.5. The highest BCUT2D eigenvalue weighted by molar-refractivity contribution is 5.68. The Hall–Kier alpha value is -4.65. The van der Waals surface area contributed by atoms with Crippen molar-refractivity contribution >= 4 is 18.3 Å². The minimum Gasteiger partial charge on any atom is -0.445 e. The van der Waals surface area contributed by atoms with Gasteiger partial charge in [-0.2, -0.15) is 0 Å². The zero-order valence-electron chi connectivity index (χ0n) is 32.5. The molecule has 0 bridgehead atoms. The highest BCUT2D eigenvalue weighted by atomic mass is 16.6. The number of alkyl carbamates (subject to hydrolysis) is 3. The number of aliphatic hydroxyl groups excluding tert-OH is 3. The molecule has 3 amide bonds. The van der Waals surface area contributed by atoms with Gasteiger partial charge < -0.3 is 45.5 Å². The maximum Gasteiger partial charge on any atom is 0.407 e. The Kier molecular flexibility index (Phi) is 12.7. The number of ether oxygens (including phenoxy) is 3. The van der Waals surface area contributed by atoms with E-state index in [1.807, 2.05) is 91.0 Å². The van der Waals surface area contributed by atoms with E-state index < -0.39 is 0 Å². The van der Waals surface area contributed by atoms with Gasteiger partial charge in [0.15, 0.2) is 0 Å². The molecule has 0 aliphatic heterocycles. The second-order valence-electron chi connectivity index (χ2n) is 17.6. The third-order valence-electron chi connectivity index (χ3n) is 12.7. The zero-order valence-corrected chi connectivity index (χ0v) is 32.5. The van der Waals surface area contributed by atoms with Crippen LogP contribution in [0.15, 0.2) is 91.0 Å². The summed E-state index contributed by atoms with van der Waals surface area (Å²) in [6.45, 7) is 0.926. The lowest BCUT2D eigenvalue weighted by Gasteiger charge is -2.56. The number of hydrogen-bond acceptors (Lipinski definition) is 9. The van der Waals surface area contributed by atoms with Crippen LogP contribution in [0.2, 0.25) is 0 Å². The van der Waals surface area contributed by atoms with E-state index in [1.165, 1.54) is 0 Å². The molecule has 306 valence electrons. The molecule has 0 aromatic heterocycles. The SMILES string of the molecule is O=C(NC1CC2(CC(O)C2)C1)OCc1ccccc1.O=C(NC1CC2(CC(O)C2)C1)OCc1ccccc1.O=C(NC1CC2(CC(O)C2)C1)OCc1ccccc1. The van der Waals surface area contributed by atoms with E-state index in [1.54, 1.807) is 0 Å². The number of carbonyl (C=O) groups excluding carboxylic acids is 3. The molecule has 0 atom stereocenters. The van der Waals surface area contributed by atoms with Gasteiger partial charge in [-0.3, -0.25) is 0 Å². The van der Waals surface area contributed by atoms with Crippen molar-refractivity contribution in [3.8, 4) is 0 Å². The summed E-state index contributed by atoms with van der Waals surface area (Å²) in [5.41, 5.74) is 3.92. The summed E-state index contributed by atoms with van der Waals surface area (Å²) >= 11 is 0. The van der Waals surface area contributed by atoms with Gasteiger partial charge in [0.25, 0.3) is 0 Å². The third kappa shape index (κ3) is 11.1. The second-order valence-corrected chi connectivity index (χ2v) is 17.6. The van der Waals surface area contributed by atoms with Gasteiger partial charge >= 0.3 is 18.3 Å². The Bertz CT molecular complexity index is 1550. The Labute approximate surface area is 334 Å². The first-order valence-electron chi connectivity index (χ1n) is 20.4. The molecule has 3 aromatic rings. The van der Waals surface area contributed by atoms with E-state index in [0.717, 1.165) is 93.7 Å². The predicted octanol–water partition coefficient (Wildman–Crippen LogP) is 6.65. The highest BCUT2D eigenvalue weighted by Crippen LogP contribution is 2.57. The standard InChI is InChI=1S/3C15H19NO3/c3*17-13-8-15(9-13)6-12(7-15)16-14(18)19-10-11-4-2-1-3-5-11/h3*1-5,12-13,17H,6-10H2,(H,16,18). The molecule has 0 unspecified atom stereocenters. The average Bonchev–Trinajstić information content (AvgIpc) is 3.13. The molecule has 12 nitrogen and oxygen atoms in total. The van der Waals surface area contributed by atoms with Crippen LogP contribution in [0.25, 0.3) is 0 Å². The van der Waals surface area contributed by atoms with Crippen molar-refractivity contribution < 1.29 is 43.9 Å². The van der Waals surface area contributed by atoms with E-state index >= 15 is 0 Å². The monoisotopic (exact) mass is 783 g/mol. The van der Waals surface area contributed by atoms with Crippen molar-refractivity contribution in [1.29, 1.82) is 0 Å². The van der Waals surface area contributed by atoms with Gasteiger partial charge in [0.1, 0.15) is 19.8 Å². The molecular weight excluding hydrogens is 727 g/mol. The van der Waals surface area contributed by atoms with Crippen molar-refractivity contribution in [2.45, 2.75) is 133 Å². The number of carbonyl (C=O) groups is 3. The van der Waals surface area contributed by atoms with Gasteiger partial charge in [-0.1, -0.05) is 91.0 Å². The van der Waals surface area contributed by atoms with Crippen LogP contribution in [-0.2, 0) is 34.0 Å². The number of aliphatic hydroxyl groups is 3. The van der Waals surface area contributed by atoms with Crippen molar-refractivity contribution in [3.63, 3.8) is 0 Å². The molecule has 6 fully saturated rings. The average molecular weight is 784 g/mol. The first-order valence-corrected chi connectivity index (χ1v) is 20.4. The predicted molar refractivity (Wildman–Crippen MR) is 211 cm³/mol. The molecule has 6 N–H and O–H groups in total. The van der Waals surface area contributed by atoms with Crippen LogP contribution < -0.4 is 16.0 Å². The Morgan fingerprint density at radius 1 is 0.421 bits per heavy atom. The van der Waals surface area contributed by atoms with Crippen LogP contribution in [0.1, 0.15) is 93.7 Å². The van der Waals surface area contributed by atoms with Gasteiger partial charge in [-0.25, -0.2) is 14.4 Å². The van der Waals surface area contributed by atoms with Crippen molar-refractivity contribution in [3.05, 3.63) is 108 Å². The molecule has 0 saturated heterocycles. The molecule has 12 heteroatoms. The fourth-order valence-corrected chi connectivity index (χ4v) is 9.88. The maximum atomic E-state index is 11.6. The molecule has 6 aliphatic carbocycles. The van der Waals surface area contributed by atoms with E-state index in [9.17, 15) is 29.7 Å². The lowest BCUT2D eigenvalue weighted by Crippen LogP contribution is -2.57. The lowest BCUT2D eigenvalue weighted by atomic mass is 9.53. The third-order valence-corrected chi connectivity index (χ3v) is 12.7. The molecule has 57 heavy (non-hydrogen) atoms. The molecule has 6 aliphatic rings. The van der Waals surface area contributed by atoms with Crippen molar-refractivity contribution in [2.75, 3.05) is 0 Å². The van der Waals surface area contributed by atoms with Crippen LogP contribution in [-0.4, -0.2) is 70.0 Å². The molecule has 6 saturated carbocycles. The van der Waals surface area contributed by atoms with E-state index in [-0.39, 0.29) is 54.7 Å².